The van der Waals surface area contributed by atoms with Gasteiger partial charge < -0.3 is 10.2 Å². The number of amides is 1. The maximum Gasteiger partial charge on any atom is 0.254 e. The van der Waals surface area contributed by atoms with Gasteiger partial charge in [0.15, 0.2) is 0 Å². The lowest BCUT2D eigenvalue weighted by atomic mass is 10.1. The topological polar surface area (TPSA) is 69.0 Å². The third kappa shape index (κ3) is 3.95. The molecule has 102 valence electrons. The summed E-state index contributed by atoms with van der Waals surface area (Å²) in [5.74, 6) is 0.611. The molecular weight excluding hydrogens is 240 g/mol. The van der Waals surface area contributed by atoms with E-state index < -0.39 is 0 Å². The molecule has 1 unspecified atom stereocenters. The van der Waals surface area contributed by atoms with Crippen molar-refractivity contribution in [3.8, 4) is 6.07 Å². The highest BCUT2D eigenvalue weighted by molar-refractivity contribution is 5.95. The van der Waals surface area contributed by atoms with Crippen LogP contribution in [0.1, 0.15) is 36.3 Å². The van der Waals surface area contributed by atoms with Crippen LogP contribution in [0.5, 0.6) is 0 Å². The van der Waals surface area contributed by atoms with Gasteiger partial charge >= 0.3 is 0 Å². The number of pyridine rings is 1. The quantitative estimate of drug-likeness (QED) is 0.881. The Bertz CT molecular complexity index is 493. The van der Waals surface area contributed by atoms with E-state index in [0.29, 0.717) is 17.8 Å². The molecule has 1 aromatic heterocycles. The van der Waals surface area contributed by atoms with Crippen molar-refractivity contribution in [2.75, 3.05) is 18.9 Å². The lowest BCUT2D eigenvalue weighted by Crippen LogP contribution is -2.34. The monoisotopic (exact) mass is 260 g/mol. The number of carbonyl (C=O) groups is 1. The average Bonchev–Trinajstić information content (AvgIpc) is 2.37. The van der Waals surface area contributed by atoms with Crippen molar-refractivity contribution < 1.29 is 4.79 Å². The Balaban J connectivity index is 2.96. The van der Waals surface area contributed by atoms with E-state index in [1.807, 2.05) is 20.8 Å². The Kier molecular flexibility index (Phi) is 5.31. The number of carbonyl (C=O) groups excluding carboxylic acids is 1. The van der Waals surface area contributed by atoms with Crippen LogP contribution in [0.25, 0.3) is 0 Å². The van der Waals surface area contributed by atoms with Crippen molar-refractivity contribution in [1.82, 2.24) is 9.88 Å². The average molecular weight is 260 g/mol. The zero-order valence-corrected chi connectivity index (χ0v) is 11.9. The molecule has 0 aliphatic carbocycles. The number of rotatable bonds is 5. The maximum atomic E-state index is 12.3. The number of hydrogen-bond acceptors (Lipinski definition) is 4. The van der Waals surface area contributed by atoms with Crippen molar-refractivity contribution >= 4 is 11.7 Å². The van der Waals surface area contributed by atoms with Crippen LogP contribution in [0.3, 0.4) is 0 Å². The zero-order valence-electron chi connectivity index (χ0n) is 11.9. The number of aryl methyl sites for hydroxylation is 1. The fraction of sp³-hybridized carbons (Fsp3) is 0.500. The molecule has 0 saturated heterocycles. The van der Waals surface area contributed by atoms with Gasteiger partial charge in [-0.3, -0.25) is 4.79 Å². The first-order valence-corrected chi connectivity index (χ1v) is 6.36. The molecule has 1 amide bonds. The highest BCUT2D eigenvalue weighted by Crippen LogP contribution is 2.14. The van der Waals surface area contributed by atoms with Crippen LogP contribution < -0.4 is 5.32 Å². The normalized spacial score (nSPS) is 11.5. The second-order valence-electron chi connectivity index (χ2n) is 4.54. The molecule has 0 fully saturated rings. The van der Waals surface area contributed by atoms with Crippen LogP contribution in [0.4, 0.5) is 5.82 Å². The number of hydrogen-bond donors (Lipinski definition) is 1. The van der Waals surface area contributed by atoms with E-state index >= 15 is 0 Å². The summed E-state index contributed by atoms with van der Waals surface area (Å²) in [5.41, 5.74) is 1.39. The summed E-state index contributed by atoms with van der Waals surface area (Å²) in [6.07, 6.45) is 0.326. The minimum atomic E-state index is -0.103. The van der Waals surface area contributed by atoms with E-state index in [-0.39, 0.29) is 11.9 Å². The minimum Gasteiger partial charge on any atom is -0.370 e. The summed E-state index contributed by atoms with van der Waals surface area (Å²) in [7, 11) is 1.72. The fourth-order valence-corrected chi connectivity index (χ4v) is 1.74. The van der Waals surface area contributed by atoms with Gasteiger partial charge in [-0.25, -0.2) is 4.98 Å². The lowest BCUT2D eigenvalue weighted by molar-refractivity contribution is 0.0746. The smallest absolute Gasteiger partial charge is 0.254 e. The SMILES string of the molecule is CCNc1cc(C(=O)N(C)C(C)CC#N)cc(C)n1. The zero-order chi connectivity index (χ0) is 14.4. The number of anilines is 1. The lowest BCUT2D eigenvalue weighted by Gasteiger charge is -2.23. The molecule has 1 rings (SSSR count). The standard InChI is InChI=1S/C14H20N4O/c1-5-16-13-9-12(8-10(2)17-13)14(19)18(4)11(3)6-7-15/h8-9,11H,5-6H2,1-4H3,(H,16,17). The van der Waals surface area contributed by atoms with Gasteiger partial charge in [0.05, 0.1) is 12.5 Å². The van der Waals surface area contributed by atoms with E-state index in [1.165, 1.54) is 0 Å². The van der Waals surface area contributed by atoms with Gasteiger partial charge in [-0.1, -0.05) is 0 Å². The summed E-state index contributed by atoms with van der Waals surface area (Å²) in [6.45, 7) is 6.45. The van der Waals surface area contributed by atoms with Gasteiger partial charge in [0.25, 0.3) is 5.91 Å². The van der Waals surface area contributed by atoms with E-state index in [1.54, 1.807) is 24.1 Å². The van der Waals surface area contributed by atoms with Crippen LogP contribution in [0, 0.1) is 18.3 Å². The van der Waals surface area contributed by atoms with Crippen LogP contribution in [0.15, 0.2) is 12.1 Å². The van der Waals surface area contributed by atoms with Crippen molar-refractivity contribution in [2.45, 2.75) is 33.2 Å². The van der Waals surface area contributed by atoms with Gasteiger partial charge in [0.1, 0.15) is 5.82 Å². The number of nitrogens with zero attached hydrogens (tertiary/aromatic N) is 3. The highest BCUT2D eigenvalue weighted by Gasteiger charge is 2.18. The van der Waals surface area contributed by atoms with E-state index in [9.17, 15) is 4.79 Å². The second kappa shape index (κ2) is 6.74. The molecule has 0 spiro atoms. The van der Waals surface area contributed by atoms with E-state index in [0.717, 1.165) is 12.2 Å². The third-order valence-corrected chi connectivity index (χ3v) is 2.93. The van der Waals surface area contributed by atoms with E-state index in [2.05, 4.69) is 16.4 Å². The first-order valence-electron chi connectivity index (χ1n) is 6.36. The molecule has 0 aliphatic heterocycles. The van der Waals surface area contributed by atoms with Gasteiger partial charge in [0.2, 0.25) is 0 Å². The largest absolute Gasteiger partial charge is 0.370 e. The molecule has 0 bridgehead atoms. The third-order valence-electron chi connectivity index (χ3n) is 2.93. The molecule has 0 aromatic carbocycles. The van der Waals surface area contributed by atoms with Crippen molar-refractivity contribution in [3.05, 3.63) is 23.4 Å². The Morgan fingerprint density at radius 3 is 2.84 bits per heavy atom. The van der Waals surface area contributed by atoms with Crippen LogP contribution in [0.2, 0.25) is 0 Å². The Labute approximate surface area is 114 Å². The number of nitriles is 1. The minimum absolute atomic E-state index is 0.0904. The summed E-state index contributed by atoms with van der Waals surface area (Å²) in [6, 6.07) is 5.48. The number of nitrogens with one attached hydrogen (secondary N) is 1. The molecule has 0 saturated carbocycles. The van der Waals surface area contributed by atoms with Crippen LogP contribution >= 0.6 is 0 Å². The van der Waals surface area contributed by atoms with Crippen molar-refractivity contribution in [2.24, 2.45) is 0 Å². The van der Waals surface area contributed by atoms with Crippen molar-refractivity contribution in [1.29, 1.82) is 5.26 Å². The summed E-state index contributed by atoms with van der Waals surface area (Å²) in [5, 5.41) is 11.8. The molecule has 0 aliphatic rings. The Morgan fingerprint density at radius 1 is 1.58 bits per heavy atom. The van der Waals surface area contributed by atoms with Gasteiger partial charge in [0, 0.05) is 30.9 Å². The van der Waals surface area contributed by atoms with Crippen molar-refractivity contribution in [3.63, 3.8) is 0 Å². The molecule has 1 N–H and O–H groups in total. The summed E-state index contributed by atoms with van der Waals surface area (Å²) < 4.78 is 0. The molecule has 5 heteroatoms. The van der Waals surface area contributed by atoms with Crippen LogP contribution in [-0.4, -0.2) is 35.4 Å². The van der Waals surface area contributed by atoms with Crippen LogP contribution in [-0.2, 0) is 0 Å². The van der Waals surface area contributed by atoms with E-state index in [4.69, 9.17) is 5.26 Å². The molecule has 1 atom stereocenters. The molecule has 5 nitrogen and oxygen atoms in total. The molecule has 1 aromatic rings. The summed E-state index contributed by atoms with van der Waals surface area (Å²) in [4.78, 5) is 18.2. The predicted octanol–water partition coefficient (Wildman–Crippen LogP) is 2.20. The van der Waals surface area contributed by atoms with Gasteiger partial charge in [-0.2, -0.15) is 5.26 Å². The molecular formula is C14H20N4O. The Morgan fingerprint density at radius 2 is 2.26 bits per heavy atom. The molecule has 0 radical (unpaired) electrons. The maximum absolute atomic E-state index is 12.3. The first-order chi connectivity index (χ1) is 8.99. The summed E-state index contributed by atoms with van der Waals surface area (Å²) >= 11 is 0. The number of aromatic nitrogens is 1. The fourth-order valence-electron chi connectivity index (χ4n) is 1.74. The predicted molar refractivity (Wildman–Crippen MR) is 74.9 cm³/mol. The van der Waals surface area contributed by atoms with Gasteiger partial charge in [-0.15, -0.1) is 0 Å². The molecule has 19 heavy (non-hydrogen) atoms. The molecule has 1 heterocycles. The Hall–Kier alpha value is -2.09. The highest BCUT2D eigenvalue weighted by atomic mass is 16.2. The second-order valence-corrected chi connectivity index (χ2v) is 4.54. The van der Waals surface area contributed by atoms with Gasteiger partial charge in [-0.05, 0) is 32.9 Å². The first kappa shape index (κ1) is 15.0.